The van der Waals surface area contributed by atoms with Gasteiger partial charge in [-0.25, -0.2) is 0 Å². The van der Waals surface area contributed by atoms with Crippen LogP contribution >= 0.6 is 11.8 Å². The number of benzene rings is 4. The molecule has 4 aromatic carbocycles. The third-order valence-corrected chi connectivity index (χ3v) is 6.82. The largest absolute Gasteiger partial charge is 0.457 e. The van der Waals surface area contributed by atoms with E-state index in [1.165, 1.54) is 18.7 Å². The van der Waals surface area contributed by atoms with Crippen LogP contribution in [-0.2, 0) is 9.59 Å². The van der Waals surface area contributed by atoms with Crippen molar-refractivity contribution in [2.24, 2.45) is 0 Å². The minimum atomic E-state index is -0.235. The summed E-state index contributed by atoms with van der Waals surface area (Å²) in [4.78, 5) is 27.7. The van der Waals surface area contributed by atoms with Crippen molar-refractivity contribution in [2.45, 2.75) is 12.3 Å². The lowest BCUT2D eigenvalue weighted by atomic mass is 10.1. The fraction of sp³-hybridized carbons (Fsp3) is 0.0667. The van der Waals surface area contributed by atoms with E-state index in [0.717, 1.165) is 22.6 Å². The van der Waals surface area contributed by atoms with E-state index in [1.54, 1.807) is 4.90 Å². The van der Waals surface area contributed by atoms with E-state index >= 15 is 0 Å². The van der Waals surface area contributed by atoms with Crippen LogP contribution in [0.1, 0.15) is 23.4 Å². The fourth-order valence-corrected chi connectivity index (χ4v) is 5.27. The van der Waals surface area contributed by atoms with Crippen molar-refractivity contribution in [2.75, 3.05) is 10.2 Å². The number of hydrogen-bond donors (Lipinski definition) is 1. The van der Waals surface area contributed by atoms with E-state index in [9.17, 15) is 9.59 Å². The highest BCUT2D eigenvalue weighted by molar-refractivity contribution is 8.05. The molecule has 1 N–H and O–H groups in total. The highest BCUT2D eigenvalue weighted by Crippen LogP contribution is 2.48. The summed E-state index contributed by atoms with van der Waals surface area (Å²) in [6.07, 6.45) is 1.90. The van der Waals surface area contributed by atoms with Crippen molar-refractivity contribution in [1.29, 1.82) is 0 Å². The van der Waals surface area contributed by atoms with Gasteiger partial charge in [-0.3, -0.25) is 14.5 Å². The van der Waals surface area contributed by atoms with Crippen molar-refractivity contribution < 1.29 is 14.3 Å². The average molecular weight is 493 g/mol. The summed E-state index contributed by atoms with van der Waals surface area (Å²) in [7, 11) is 0. The second-order valence-electron chi connectivity index (χ2n) is 8.28. The highest BCUT2D eigenvalue weighted by atomic mass is 32.2. The first-order valence-electron chi connectivity index (χ1n) is 11.5. The third kappa shape index (κ3) is 5.34. The molecule has 1 aliphatic heterocycles. The van der Waals surface area contributed by atoms with Crippen LogP contribution in [0.2, 0.25) is 0 Å². The number of nitrogens with zero attached hydrogens (tertiary/aromatic N) is 1. The maximum atomic E-state index is 13.7. The number of amides is 2. The monoisotopic (exact) mass is 492 g/mol. The van der Waals surface area contributed by atoms with E-state index in [1.807, 2.05) is 115 Å². The van der Waals surface area contributed by atoms with E-state index in [-0.39, 0.29) is 17.2 Å². The van der Waals surface area contributed by atoms with E-state index in [2.05, 4.69) is 5.32 Å². The topological polar surface area (TPSA) is 58.6 Å². The third-order valence-electron chi connectivity index (χ3n) is 5.57. The Morgan fingerprint density at radius 3 is 2.31 bits per heavy atom. The van der Waals surface area contributed by atoms with Crippen LogP contribution in [0.5, 0.6) is 11.5 Å². The number of carbonyl (C=O) groups is 2. The molecule has 1 fully saturated rings. The quantitative estimate of drug-likeness (QED) is 0.288. The first-order chi connectivity index (χ1) is 17.6. The summed E-state index contributed by atoms with van der Waals surface area (Å²) in [6, 6.07) is 34.6. The van der Waals surface area contributed by atoms with E-state index < -0.39 is 0 Å². The van der Waals surface area contributed by atoms with Crippen LogP contribution < -0.4 is 15.0 Å². The van der Waals surface area contributed by atoms with Gasteiger partial charge in [-0.15, -0.1) is 0 Å². The molecule has 1 aliphatic rings. The molecule has 1 unspecified atom stereocenters. The van der Waals surface area contributed by atoms with Crippen molar-refractivity contribution in [3.8, 4) is 11.5 Å². The molecule has 0 aliphatic carbocycles. The molecular weight excluding hydrogens is 468 g/mol. The maximum absolute atomic E-state index is 13.7. The molecule has 0 aromatic heterocycles. The van der Waals surface area contributed by atoms with Crippen molar-refractivity contribution >= 4 is 41.0 Å². The molecule has 6 heteroatoms. The zero-order chi connectivity index (χ0) is 24.9. The standard InChI is InChI=1S/C30H24N2O3S/c1-21(33)31-24-13-9-14-25(20-24)32-29(34)28(36-30(32)23-11-4-2-5-12-23)19-22-10-8-17-27(18-22)35-26-15-6-3-7-16-26/h2-20,30H,1H3,(H,31,33)/b28-19-. The molecule has 0 spiro atoms. The molecule has 5 nitrogen and oxygen atoms in total. The Labute approximate surface area is 214 Å². The van der Waals surface area contributed by atoms with Gasteiger partial charge in [0.1, 0.15) is 16.9 Å². The van der Waals surface area contributed by atoms with Gasteiger partial charge in [0.05, 0.1) is 4.91 Å². The molecule has 0 radical (unpaired) electrons. The van der Waals surface area contributed by atoms with Gasteiger partial charge in [-0.05, 0) is 59.7 Å². The number of carbonyl (C=O) groups excluding carboxylic acids is 2. The van der Waals surface area contributed by atoms with Crippen LogP contribution in [0.15, 0.2) is 114 Å². The molecule has 1 heterocycles. The Kier molecular flexibility index (Phi) is 6.87. The molecule has 2 amide bonds. The van der Waals surface area contributed by atoms with Crippen LogP contribution in [-0.4, -0.2) is 11.8 Å². The molecule has 1 saturated heterocycles. The van der Waals surface area contributed by atoms with E-state index in [4.69, 9.17) is 4.74 Å². The molecule has 0 bridgehead atoms. The van der Waals surface area contributed by atoms with Gasteiger partial charge in [-0.2, -0.15) is 0 Å². The molecule has 5 rings (SSSR count). The SMILES string of the molecule is CC(=O)Nc1cccc(N2C(=O)/C(=C/c3cccc(Oc4ccccc4)c3)SC2c2ccccc2)c1. The van der Waals surface area contributed by atoms with Gasteiger partial charge in [0.15, 0.2) is 0 Å². The average Bonchev–Trinajstić information content (AvgIpc) is 3.21. The number of hydrogen-bond acceptors (Lipinski definition) is 4. The molecular formula is C30H24N2O3S. The summed E-state index contributed by atoms with van der Waals surface area (Å²) >= 11 is 1.51. The van der Waals surface area contributed by atoms with E-state index in [0.29, 0.717) is 16.3 Å². The van der Waals surface area contributed by atoms with Gasteiger partial charge in [0, 0.05) is 18.3 Å². The van der Waals surface area contributed by atoms with Gasteiger partial charge in [0.2, 0.25) is 5.91 Å². The smallest absolute Gasteiger partial charge is 0.266 e. The highest BCUT2D eigenvalue weighted by Gasteiger charge is 2.38. The van der Waals surface area contributed by atoms with Crippen molar-refractivity contribution in [3.05, 3.63) is 125 Å². The second kappa shape index (κ2) is 10.5. The molecule has 178 valence electrons. The molecule has 0 saturated carbocycles. The zero-order valence-corrected chi connectivity index (χ0v) is 20.4. The lowest BCUT2D eigenvalue weighted by Crippen LogP contribution is -2.27. The van der Waals surface area contributed by atoms with Gasteiger partial charge >= 0.3 is 0 Å². The fourth-order valence-electron chi connectivity index (χ4n) is 4.01. The number of nitrogens with one attached hydrogen (secondary N) is 1. The normalized spacial score (nSPS) is 16.2. The second-order valence-corrected chi connectivity index (χ2v) is 9.41. The maximum Gasteiger partial charge on any atom is 0.266 e. The Balaban J connectivity index is 1.48. The number of rotatable bonds is 6. The molecule has 1 atom stereocenters. The van der Waals surface area contributed by atoms with Gasteiger partial charge in [-0.1, -0.05) is 78.5 Å². The first-order valence-corrected chi connectivity index (χ1v) is 12.4. The molecule has 4 aromatic rings. The molecule has 36 heavy (non-hydrogen) atoms. The lowest BCUT2D eigenvalue weighted by molar-refractivity contribution is -0.115. The Morgan fingerprint density at radius 2 is 1.56 bits per heavy atom. The van der Waals surface area contributed by atoms with Crippen LogP contribution in [0.25, 0.3) is 6.08 Å². The van der Waals surface area contributed by atoms with Crippen LogP contribution in [0.4, 0.5) is 11.4 Å². The zero-order valence-electron chi connectivity index (χ0n) is 19.6. The van der Waals surface area contributed by atoms with Crippen molar-refractivity contribution in [3.63, 3.8) is 0 Å². The van der Waals surface area contributed by atoms with Gasteiger partial charge < -0.3 is 10.1 Å². The Hall–Kier alpha value is -4.29. The summed E-state index contributed by atoms with van der Waals surface area (Å²) < 4.78 is 5.97. The number of anilines is 2. The minimum absolute atomic E-state index is 0.0943. The first kappa shape index (κ1) is 23.5. The number of ether oxygens (including phenoxy) is 1. The minimum Gasteiger partial charge on any atom is -0.457 e. The predicted octanol–water partition coefficient (Wildman–Crippen LogP) is 7.26. The summed E-state index contributed by atoms with van der Waals surface area (Å²) in [5.41, 5.74) is 3.26. The summed E-state index contributed by atoms with van der Waals surface area (Å²) in [5, 5.41) is 2.57. The Morgan fingerprint density at radius 1 is 0.861 bits per heavy atom. The van der Waals surface area contributed by atoms with Gasteiger partial charge in [0.25, 0.3) is 5.91 Å². The number of para-hydroxylation sites is 1. The summed E-state index contributed by atoms with van der Waals surface area (Å²) in [6.45, 7) is 1.47. The van der Waals surface area contributed by atoms with Crippen LogP contribution in [0, 0.1) is 0 Å². The summed E-state index contributed by atoms with van der Waals surface area (Å²) in [5.74, 6) is 1.20. The van der Waals surface area contributed by atoms with Crippen LogP contribution in [0.3, 0.4) is 0 Å². The lowest BCUT2D eigenvalue weighted by Gasteiger charge is -2.24. The number of thioether (sulfide) groups is 1. The van der Waals surface area contributed by atoms with Crippen molar-refractivity contribution in [1.82, 2.24) is 0 Å². The predicted molar refractivity (Wildman–Crippen MR) is 146 cm³/mol. The Bertz CT molecular complexity index is 1420.